The quantitative estimate of drug-likeness (QED) is 0.222. The molecule has 0 amide bonds. The Morgan fingerprint density at radius 2 is 1.68 bits per heavy atom. The molecule has 10 atom stereocenters. The van der Waals surface area contributed by atoms with Crippen molar-refractivity contribution < 1.29 is 91.3 Å². The van der Waals surface area contributed by atoms with Gasteiger partial charge in [-0.05, 0) is 111 Å². The molecular formula is C24H38Na2O7S. The minimum Gasteiger partial charge on any atom is -0.726 e. The van der Waals surface area contributed by atoms with E-state index in [1.54, 1.807) is 0 Å². The van der Waals surface area contributed by atoms with Crippen LogP contribution in [0.5, 0.6) is 0 Å². The number of aliphatic hydroxyl groups is 1. The van der Waals surface area contributed by atoms with E-state index >= 15 is 0 Å². The molecule has 4 aliphatic carbocycles. The van der Waals surface area contributed by atoms with E-state index in [9.17, 15) is 28.0 Å². The summed E-state index contributed by atoms with van der Waals surface area (Å²) in [5, 5.41) is 22.3. The fraction of sp³-hybridized carbons (Fsp3) is 0.958. The summed E-state index contributed by atoms with van der Waals surface area (Å²) in [7, 11) is -4.72. The van der Waals surface area contributed by atoms with Crippen LogP contribution >= 0.6 is 0 Å². The third-order valence-corrected chi connectivity index (χ3v) is 11.0. The van der Waals surface area contributed by atoms with E-state index in [0.29, 0.717) is 49.4 Å². The first-order valence-corrected chi connectivity index (χ1v) is 13.7. The van der Waals surface area contributed by atoms with Crippen molar-refractivity contribution in [2.24, 2.45) is 46.3 Å². The van der Waals surface area contributed by atoms with Crippen molar-refractivity contribution in [1.82, 2.24) is 0 Å². The van der Waals surface area contributed by atoms with Gasteiger partial charge in [0, 0.05) is 5.97 Å². The number of rotatable bonds is 6. The monoisotopic (exact) mass is 516 g/mol. The number of carboxylic acid groups (broad SMARTS) is 1. The van der Waals surface area contributed by atoms with Gasteiger partial charge in [-0.1, -0.05) is 20.8 Å². The van der Waals surface area contributed by atoms with E-state index < -0.39 is 28.6 Å². The van der Waals surface area contributed by atoms with E-state index in [2.05, 4.69) is 20.8 Å². The summed E-state index contributed by atoms with van der Waals surface area (Å²) >= 11 is 0. The second kappa shape index (κ2) is 11.6. The Morgan fingerprint density at radius 1 is 1.06 bits per heavy atom. The van der Waals surface area contributed by atoms with Crippen molar-refractivity contribution in [3.8, 4) is 0 Å². The van der Waals surface area contributed by atoms with Gasteiger partial charge in [0.15, 0.2) is 0 Å². The molecule has 4 fully saturated rings. The van der Waals surface area contributed by atoms with Gasteiger partial charge in [0.05, 0.1) is 12.2 Å². The molecule has 0 bridgehead atoms. The first-order chi connectivity index (χ1) is 14.8. The Bertz CT molecular complexity index is 839. The van der Waals surface area contributed by atoms with Crippen molar-refractivity contribution in [1.29, 1.82) is 0 Å². The molecule has 0 aliphatic heterocycles. The van der Waals surface area contributed by atoms with Gasteiger partial charge in [0.1, 0.15) is 0 Å². The maximum absolute atomic E-state index is 11.3. The van der Waals surface area contributed by atoms with Crippen LogP contribution in [0.2, 0.25) is 0 Å². The number of hydrogen-bond donors (Lipinski definition) is 1. The Hall–Kier alpha value is 1.30. The van der Waals surface area contributed by atoms with Gasteiger partial charge in [0.25, 0.3) is 0 Å². The molecule has 0 heterocycles. The average Bonchev–Trinajstić information content (AvgIpc) is 3.03. The average molecular weight is 517 g/mol. The number of aliphatic carboxylic acids is 1. The predicted molar refractivity (Wildman–Crippen MR) is 115 cm³/mol. The van der Waals surface area contributed by atoms with Crippen molar-refractivity contribution in [3.63, 3.8) is 0 Å². The Balaban J connectivity index is 0.00000204. The van der Waals surface area contributed by atoms with E-state index in [1.807, 2.05) is 0 Å². The fourth-order valence-electron chi connectivity index (χ4n) is 8.96. The molecule has 7 nitrogen and oxygen atoms in total. The number of carbonyl (C=O) groups excluding carboxylic acids is 1. The molecule has 0 aromatic rings. The first-order valence-electron chi connectivity index (χ1n) is 12.4. The van der Waals surface area contributed by atoms with Crippen molar-refractivity contribution in [2.45, 2.75) is 97.2 Å². The summed E-state index contributed by atoms with van der Waals surface area (Å²) < 4.78 is 38.1. The van der Waals surface area contributed by atoms with Gasteiger partial charge >= 0.3 is 59.1 Å². The zero-order valence-electron chi connectivity index (χ0n) is 21.5. The van der Waals surface area contributed by atoms with E-state index in [4.69, 9.17) is 4.18 Å². The second-order valence-electron chi connectivity index (χ2n) is 11.8. The van der Waals surface area contributed by atoms with Crippen molar-refractivity contribution in [2.75, 3.05) is 0 Å². The smallest absolute Gasteiger partial charge is 0.726 e. The van der Waals surface area contributed by atoms with Gasteiger partial charge in [-0.15, -0.1) is 0 Å². The molecule has 0 radical (unpaired) electrons. The molecule has 4 unspecified atom stereocenters. The fourth-order valence-corrected chi connectivity index (χ4v) is 9.47. The van der Waals surface area contributed by atoms with Gasteiger partial charge in [-0.2, -0.15) is 0 Å². The van der Waals surface area contributed by atoms with Crippen LogP contribution in [-0.2, 0) is 19.4 Å². The van der Waals surface area contributed by atoms with Crippen LogP contribution in [0.15, 0.2) is 0 Å². The largest absolute Gasteiger partial charge is 1.00 e. The van der Waals surface area contributed by atoms with Gasteiger partial charge in [-0.25, -0.2) is 8.42 Å². The molecule has 0 aromatic heterocycles. The number of hydrogen-bond acceptors (Lipinski definition) is 7. The van der Waals surface area contributed by atoms with Crippen LogP contribution in [0.1, 0.15) is 85.0 Å². The SMILES string of the molecule is C[C@H](CCC(=O)[O-])[C@H]1CCC2C3C(CC[C@@]21C)[C@@]1(C)CC[C@@H](OS(=O)(=O)[O-])CC1C[C@H]3O.[Na+].[Na+]. The summed E-state index contributed by atoms with van der Waals surface area (Å²) in [6.45, 7) is 6.85. The van der Waals surface area contributed by atoms with Gasteiger partial charge in [-0.3, -0.25) is 4.18 Å². The molecule has 10 heteroatoms. The van der Waals surface area contributed by atoms with Crippen LogP contribution in [0.4, 0.5) is 0 Å². The molecule has 0 spiro atoms. The molecule has 34 heavy (non-hydrogen) atoms. The standard InChI is InChI=1S/C24H40O7S.2Na/c1-14(4-7-21(26)27)17-5-6-18-22-19(9-11-24(17,18)3)23(2)10-8-16(31-32(28,29)30)12-15(23)13-20(22)25;;/h14-20,22,25H,4-13H2,1-3H3,(H,26,27)(H,28,29,30);;/q;2*+1/p-2/t14-,15?,16-,17-,18?,19?,20-,22?,23+,24-;;/m1../s1. The maximum Gasteiger partial charge on any atom is 1.00 e. The molecular weight excluding hydrogens is 478 g/mol. The van der Waals surface area contributed by atoms with Gasteiger partial charge < -0.3 is 19.6 Å². The predicted octanol–water partition coefficient (Wildman–Crippen LogP) is -3.36. The summed E-state index contributed by atoms with van der Waals surface area (Å²) in [5.74, 6) is 1.02. The third-order valence-electron chi connectivity index (χ3n) is 10.5. The second-order valence-corrected chi connectivity index (χ2v) is 12.8. The number of carboxylic acids is 1. The van der Waals surface area contributed by atoms with E-state index in [1.165, 1.54) is 0 Å². The summed E-state index contributed by atoms with van der Waals surface area (Å²) in [6, 6.07) is 0. The normalized spacial score (nSPS) is 44.4. The van der Waals surface area contributed by atoms with Crippen molar-refractivity contribution >= 4 is 16.4 Å². The zero-order valence-corrected chi connectivity index (χ0v) is 26.3. The number of fused-ring (bicyclic) bond motifs is 5. The topological polar surface area (TPSA) is 127 Å². The summed E-state index contributed by atoms with van der Waals surface area (Å²) in [5.41, 5.74) is 0.143. The maximum atomic E-state index is 11.3. The first kappa shape index (κ1) is 31.5. The molecule has 4 rings (SSSR count). The van der Waals surface area contributed by atoms with Crippen LogP contribution < -0.4 is 64.2 Å². The molecule has 1 N–H and O–H groups in total. The third kappa shape index (κ3) is 5.97. The summed E-state index contributed by atoms with van der Waals surface area (Å²) in [6.07, 6.45) is 6.58. The number of carbonyl (C=O) groups is 1. The van der Waals surface area contributed by atoms with Crippen molar-refractivity contribution in [3.05, 3.63) is 0 Å². The van der Waals surface area contributed by atoms with Crippen LogP contribution in [0.25, 0.3) is 0 Å². The Kier molecular flexibility index (Phi) is 10.7. The minimum absolute atomic E-state index is 0. The minimum atomic E-state index is -4.72. The van der Waals surface area contributed by atoms with Crippen LogP contribution in [-0.4, -0.2) is 36.3 Å². The Labute approximate surface area is 249 Å². The van der Waals surface area contributed by atoms with Gasteiger partial charge in [0.2, 0.25) is 10.4 Å². The Morgan fingerprint density at radius 3 is 2.29 bits per heavy atom. The van der Waals surface area contributed by atoms with E-state index in [-0.39, 0.29) is 88.2 Å². The summed E-state index contributed by atoms with van der Waals surface area (Å²) in [4.78, 5) is 11.0. The number of aliphatic hydroxyl groups excluding tert-OH is 1. The molecule has 0 saturated heterocycles. The molecule has 4 saturated carbocycles. The molecule has 184 valence electrons. The molecule has 4 aliphatic rings. The van der Waals surface area contributed by atoms with E-state index in [0.717, 1.165) is 32.1 Å². The van der Waals surface area contributed by atoms with Crippen LogP contribution in [0.3, 0.4) is 0 Å². The zero-order chi connectivity index (χ0) is 23.5. The van der Waals surface area contributed by atoms with Crippen LogP contribution in [0, 0.1) is 46.3 Å². The molecule has 0 aromatic carbocycles.